The van der Waals surface area contributed by atoms with Crippen LogP contribution in [0.15, 0.2) is 12.1 Å². The second kappa shape index (κ2) is 5.30. The summed E-state index contributed by atoms with van der Waals surface area (Å²) in [6.45, 7) is 0.819. The summed E-state index contributed by atoms with van der Waals surface area (Å²) >= 11 is 7.45. The highest BCUT2D eigenvalue weighted by Gasteiger charge is 2.22. The molecule has 0 amide bonds. The standard InChI is InChI=1S/C11H16ClNOS/c12-11-6-5-8(15-11)7-13-9-3-1-2-4-10(9)14/h5-6,9-10,13-14H,1-4,7H2/t9-,10-/m0/s1. The molecule has 1 aromatic rings. The fourth-order valence-electron chi connectivity index (χ4n) is 2.03. The average Bonchev–Trinajstić information content (AvgIpc) is 2.63. The molecule has 0 saturated heterocycles. The van der Waals surface area contributed by atoms with Gasteiger partial charge in [-0.3, -0.25) is 0 Å². The number of halogens is 1. The van der Waals surface area contributed by atoms with Gasteiger partial charge in [0, 0.05) is 17.5 Å². The number of rotatable bonds is 3. The van der Waals surface area contributed by atoms with E-state index in [9.17, 15) is 5.11 Å². The summed E-state index contributed by atoms with van der Waals surface area (Å²) in [6, 6.07) is 4.22. The molecular formula is C11H16ClNOS. The van der Waals surface area contributed by atoms with Gasteiger partial charge in [0.25, 0.3) is 0 Å². The zero-order valence-corrected chi connectivity index (χ0v) is 10.2. The molecule has 84 valence electrons. The molecule has 1 fully saturated rings. The van der Waals surface area contributed by atoms with Crippen molar-refractivity contribution in [1.29, 1.82) is 0 Å². The molecular weight excluding hydrogens is 230 g/mol. The predicted molar refractivity (Wildman–Crippen MR) is 64.4 cm³/mol. The Morgan fingerprint density at radius 1 is 1.40 bits per heavy atom. The van der Waals surface area contributed by atoms with Crippen molar-refractivity contribution in [3.63, 3.8) is 0 Å². The number of nitrogens with one attached hydrogen (secondary N) is 1. The normalized spacial score (nSPS) is 26.8. The molecule has 1 aromatic heterocycles. The summed E-state index contributed by atoms with van der Waals surface area (Å²) in [6.07, 6.45) is 4.22. The fraction of sp³-hybridized carbons (Fsp3) is 0.636. The van der Waals surface area contributed by atoms with Crippen molar-refractivity contribution in [3.8, 4) is 0 Å². The molecule has 15 heavy (non-hydrogen) atoms. The molecule has 0 unspecified atom stereocenters. The molecule has 0 radical (unpaired) electrons. The molecule has 1 aliphatic carbocycles. The molecule has 2 N–H and O–H groups in total. The first-order valence-corrected chi connectivity index (χ1v) is 6.61. The van der Waals surface area contributed by atoms with E-state index in [4.69, 9.17) is 11.6 Å². The lowest BCUT2D eigenvalue weighted by Gasteiger charge is -2.28. The monoisotopic (exact) mass is 245 g/mol. The van der Waals surface area contributed by atoms with Gasteiger partial charge in [0.15, 0.2) is 0 Å². The lowest BCUT2D eigenvalue weighted by Crippen LogP contribution is -2.41. The van der Waals surface area contributed by atoms with Gasteiger partial charge in [-0.05, 0) is 25.0 Å². The van der Waals surface area contributed by atoms with E-state index < -0.39 is 0 Å². The highest BCUT2D eigenvalue weighted by atomic mass is 35.5. The molecule has 2 nitrogen and oxygen atoms in total. The maximum Gasteiger partial charge on any atom is 0.0931 e. The van der Waals surface area contributed by atoms with Crippen LogP contribution in [0.3, 0.4) is 0 Å². The first-order valence-electron chi connectivity index (χ1n) is 5.41. The van der Waals surface area contributed by atoms with Crippen LogP contribution in [0.25, 0.3) is 0 Å². The molecule has 0 aliphatic heterocycles. The smallest absolute Gasteiger partial charge is 0.0931 e. The second-order valence-corrected chi connectivity index (χ2v) is 5.84. The van der Waals surface area contributed by atoms with Gasteiger partial charge in [0.05, 0.1) is 10.4 Å². The molecule has 0 spiro atoms. The maximum atomic E-state index is 9.77. The van der Waals surface area contributed by atoms with Crippen LogP contribution >= 0.6 is 22.9 Å². The molecule has 1 saturated carbocycles. The Morgan fingerprint density at radius 2 is 2.20 bits per heavy atom. The van der Waals surface area contributed by atoms with Crippen molar-refractivity contribution < 1.29 is 5.11 Å². The topological polar surface area (TPSA) is 32.3 Å². The maximum absolute atomic E-state index is 9.77. The average molecular weight is 246 g/mol. The van der Waals surface area contributed by atoms with Crippen molar-refractivity contribution in [3.05, 3.63) is 21.3 Å². The third kappa shape index (κ3) is 3.18. The summed E-state index contributed by atoms with van der Waals surface area (Å²) in [5.74, 6) is 0. The number of hydrogen-bond donors (Lipinski definition) is 2. The van der Waals surface area contributed by atoms with E-state index in [1.165, 1.54) is 11.3 Å². The van der Waals surface area contributed by atoms with Crippen LogP contribution in [0, 0.1) is 0 Å². The van der Waals surface area contributed by atoms with E-state index in [2.05, 4.69) is 5.32 Å². The Balaban J connectivity index is 1.81. The van der Waals surface area contributed by atoms with Gasteiger partial charge in [0.1, 0.15) is 0 Å². The molecule has 0 bridgehead atoms. The first-order chi connectivity index (χ1) is 7.25. The van der Waals surface area contributed by atoms with Crippen molar-refractivity contribution in [2.24, 2.45) is 0 Å². The number of thiophene rings is 1. The zero-order valence-electron chi connectivity index (χ0n) is 8.58. The highest BCUT2D eigenvalue weighted by Crippen LogP contribution is 2.23. The van der Waals surface area contributed by atoms with Crippen molar-refractivity contribution in [2.45, 2.75) is 44.4 Å². The van der Waals surface area contributed by atoms with Crippen LogP contribution in [0.1, 0.15) is 30.6 Å². The van der Waals surface area contributed by atoms with Gasteiger partial charge < -0.3 is 10.4 Å². The number of aliphatic hydroxyl groups excluding tert-OH is 1. The molecule has 4 heteroatoms. The van der Waals surface area contributed by atoms with Crippen LogP contribution in [0.2, 0.25) is 4.34 Å². The van der Waals surface area contributed by atoms with Crippen LogP contribution in [0.5, 0.6) is 0 Å². The van der Waals surface area contributed by atoms with Crippen LogP contribution in [-0.4, -0.2) is 17.3 Å². The summed E-state index contributed by atoms with van der Waals surface area (Å²) in [5, 5.41) is 13.2. The number of aliphatic hydroxyl groups is 1. The molecule has 2 atom stereocenters. The Kier molecular flexibility index (Phi) is 4.03. The Bertz CT molecular complexity index is 315. The van der Waals surface area contributed by atoms with E-state index in [1.54, 1.807) is 11.3 Å². The SMILES string of the molecule is O[C@H]1CCCC[C@@H]1NCc1ccc(Cl)s1. The minimum atomic E-state index is -0.172. The van der Waals surface area contributed by atoms with Crippen LogP contribution in [0.4, 0.5) is 0 Å². The van der Waals surface area contributed by atoms with E-state index in [0.717, 1.165) is 30.1 Å². The molecule has 0 aromatic carbocycles. The van der Waals surface area contributed by atoms with Crippen LogP contribution in [-0.2, 0) is 6.54 Å². The second-order valence-electron chi connectivity index (χ2n) is 4.05. The van der Waals surface area contributed by atoms with Gasteiger partial charge in [-0.25, -0.2) is 0 Å². The molecule has 2 rings (SSSR count). The Labute approximate surface area is 99.3 Å². The van der Waals surface area contributed by atoms with Gasteiger partial charge in [-0.1, -0.05) is 24.4 Å². The van der Waals surface area contributed by atoms with Gasteiger partial charge >= 0.3 is 0 Å². The molecule has 1 heterocycles. The van der Waals surface area contributed by atoms with E-state index >= 15 is 0 Å². The summed E-state index contributed by atoms with van der Waals surface area (Å²) in [4.78, 5) is 1.23. The van der Waals surface area contributed by atoms with E-state index in [1.807, 2.05) is 12.1 Å². The largest absolute Gasteiger partial charge is 0.392 e. The van der Waals surface area contributed by atoms with Gasteiger partial charge in [-0.2, -0.15) is 0 Å². The van der Waals surface area contributed by atoms with E-state index in [0.29, 0.717) is 0 Å². The zero-order chi connectivity index (χ0) is 10.7. The Morgan fingerprint density at radius 3 is 2.87 bits per heavy atom. The summed E-state index contributed by atoms with van der Waals surface area (Å²) in [5.41, 5.74) is 0. The summed E-state index contributed by atoms with van der Waals surface area (Å²) < 4.78 is 0.830. The number of hydrogen-bond acceptors (Lipinski definition) is 3. The van der Waals surface area contributed by atoms with Gasteiger partial charge in [-0.15, -0.1) is 11.3 Å². The minimum absolute atomic E-state index is 0.172. The Hall–Kier alpha value is -0.0900. The van der Waals surface area contributed by atoms with Crippen LogP contribution < -0.4 is 5.32 Å². The molecule has 1 aliphatic rings. The van der Waals surface area contributed by atoms with Crippen molar-refractivity contribution in [2.75, 3.05) is 0 Å². The summed E-state index contributed by atoms with van der Waals surface area (Å²) in [7, 11) is 0. The third-order valence-corrected chi connectivity index (χ3v) is 4.13. The lowest BCUT2D eigenvalue weighted by molar-refractivity contribution is 0.0904. The predicted octanol–water partition coefficient (Wildman–Crippen LogP) is 2.79. The van der Waals surface area contributed by atoms with Crippen molar-refractivity contribution >= 4 is 22.9 Å². The fourth-order valence-corrected chi connectivity index (χ4v) is 3.07. The minimum Gasteiger partial charge on any atom is -0.392 e. The first kappa shape index (κ1) is 11.4. The third-order valence-electron chi connectivity index (χ3n) is 2.90. The van der Waals surface area contributed by atoms with E-state index in [-0.39, 0.29) is 12.1 Å². The lowest BCUT2D eigenvalue weighted by atomic mass is 9.92. The van der Waals surface area contributed by atoms with Gasteiger partial charge in [0.2, 0.25) is 0 Å². The van der Waals surface area contributed by atoms with Crippen molar-refractivity contribution in [1.82, 2.24) is 5.32 Å². The highest BCUT2D eigenvalue weighted by molar-refractivity contribution is 7.16. The quantitative estimate of drug-likeness (QED) is 0.859.